The summed E-state index contributed by atoms with van der Waals surface area (Å²) in [6.07, 6.45) is 5.46. The molecule has 0 saturated heterocycles. The minimum atomic E-state index is -0.483. The quantitative estimate of drug-likeness (QED) is 0.584. The Morgan fingerprint density at radius 3 is 2.40 bits per heavy atom. The third-order valence-electron chi connectivity index (χ3n) is 5.63. The van der Waals surface area contributed by atoms with Gasteiger partial charge in [-0.15, -0.1) is 5.10 Å². The van der Waals surface area contributed by atoms with Crippen molar-refractivity contribution in [3.05, 3.63) is 41.0 Å². The minimum Gasteiger partial charge on any atom is -0.462 e. The molecule has 1 aromatic heterocycles. The number of rotatable bonds is 6. The fourth-order valence-electron chi connectivity index (χ4n) is 3.93. The van der Waals surface area contributed by atoms with E-state index < -0.39 is 5.97 Å². The van der Waals surface area contributed by atoms with Crippen molar-refractivity contribution in [2.24, 2.45) is 11.8 Å². The highest BCUT2D eigenvalue weighted by atomic mass is 35.5. The maximum atomic E-state index is 13.5. The number of esters is 1. The largest absolute Gasteiger partial charge is 0.462 e. The van der Waals surface area contributed by atoms with Crippen LogP contribution in [0.4, 0.5) is 5.82 Å². The molecule has 1 aliphatic rings. The molecule has 1 saturated carbocycles. The summed E-state index contributed by atoms with van der Waals surface area (Å²) in [4.78, 5) is 27.8. The van der Waals surface area contributed by atoms with Crippen LogP contribution in [-0.4, -0.2) is 34.3 Å². The van der Waals surface area contributed by atoms with Crippen molar-refractivity contribution >= 4 is 29.3 Å². The number of carbonyl (C=O) groups is 2. The molecule has 0 unspecified atom stereocenters. The van der Waals surface area contributed by atoms with Gasteiger partial charge < -0.3 is 4.74 Å². The first-order chi connectivity index (χ1) is 14.3. The van der Waals surface area contributed by atoms with Gasteiger partial charge in [-0.05, 0) is 76.6 Å². The molecule has 1 aliphatic carbocycles. The van der Waals surface area contributed by atoms with E-state index in [0.717, 1.165) is 31.4 Å². The normalized spacial score (nSPS) is 19.0. The number of hydrogen-bond acceptors (Lipinski definition) is 4. The molecule has 162 valence electrons. The molecular weight excluding hydrogens is 402 g/mol. The summed E-state index contributed by atoms with van der Waals surface area (Å²) < 4.78 is 6.86. The molecule has 6 nitrogen and oxygen atoms in total. The van der Waals surface area contributed by atoms with Gasteiger partial charge >= 0.3 is 5.97 Å². The van der Waals surface area contributed by atoms with Crippen molar-refractivity contribution in [3.63, 3.8) is 0 Å². The number of anilines is 1. The summed E-state index contributed by atoms with van der Waals surface area (Å²) in [7, 11) is 0. The van der Waals surface area contributed by atoms with E-state index in [2.05, 4.69) is 12.0 Å². The molecule has 1 fully saturated rings. The lowest BCUT2D eigenvalue weighted by Gasteiger charge is -2.32. The second-order valence-electron chi connectivity index (χ2n) is 8.27. The van der Waals surface area contributed by atoms with E-state index in [4.69, 9.17) is 16.3 Å². The van der Waals surface area contributed by atoms with Crippen LogP contribution in [0, 0.1) is 11.8 Å². The Labute approximate surface area is 183 Å². The van der Waals surface area contributed by atoms with Gasteiger partial charge in [0.25, 0.3) is 0 Å². The molecule has 0 spiro atoms. The number of amides is 1. The lowest BCUT2D eigenvalue weighted by molar-refractivity contribution is -0.123. The van der Waals surface area contributed by atoms with Crippen LogP contribution >= 0.6 is 11.6 Å². The van der Waals surface area contributed by atoms with Crippen molar-refractivity contribution in [1.29, 1.82) is 0 Å². The van der Waals surface area contributed by atoms with Gasteiger partial charge in [0.2, 0.25) is 5.91 Å². The van der Waals surface area contributed by atoms with Crippen LogP contribution in [0.3, 0.4) is 0 Å². The third-order valence-corrected chi connectivity index (χ3v) is 5.88. The van der Waals surface area contributed by atoms with E-state index in [1.165, 1.54) is 0 Å². The molecule has 7 heteroatoms. The maximum Gasteiger partial charge on any atom is 0.343 e. The fraction of sp³-hybridized carbons (Fsp3) is 0.522. The Hall–Kier alpha value is -2.34. The summed E-state index contributed by atoms with van der Waals surface area (Å²) in [6, 6.07) is 7.02. The molecule has 0 bridgehead atoms. The Kier molecular flexibility index (Phi) is 7.19. The molecule has 0 atom stereocenters. The Bertz CT molecular complexity index is 884. The first kappa shape index (κ1) is 22.3. The zero-order valence-electron chi connectivity index (χ0n) is 18.1. The van der Waals surface area contributed by atoms with Crippen molar-refractivity contribution in [3.8, 4) is 5.69 Å². The van der Waals surface area contributed by atoms with Gasteiger partial charge in [-0.25, -0.2) is 9.48 Å². The number of benzene rings is 1. The monoisotopic (exact) mass is 431 g/mol. The second-order valence-corrected chi connectivity index (χ2v) is 8.70. The summed E-state index contributed by atoms with van der Waals surface area (Å²) in [5.74, 6) is 0.509. The average molecular weight is 432 g/mol. The van der Waals surface area contributed by atoms with E-state index in [9.17, 15) is 9.59 Å². The fourth-order valence-corrected chi connectivity index (χ4v) is 4.05. The maximum absolute atomic E-state index is 13.5. The van der Waals surface area contributed by atoms with Crippen molar-refractivity contribution in [1.82, 2.24) is 9.78 Å². The number of nitrogens with zero attached hydrogens (tertiary/aromatic N) is 3. The molecule has 1 amide bonds. The topological polar surface area (TPSA) is 64.4 Å². The number of carbonyl (C=O) groups excluding carboxylic acids is 2. The SMILES string of the molecule is CCOC(=O)c1cn(-c2ccc(Cl)cc2)nc1N(C(=O)[C@H]1CC[C@H](C)CC1)C(C)C. The van der Waals surface area contributed by atoms with E-state index in [1.54, 1.807) is 34.8 Å². The first-order valence-corrected chi connectivity index (χ1v) is 11.0. The summed E-state index contributed by atoms with van der Waals surface area (Å²) in [6.45, 7) is 8.13. The van der Waals surface area contributed by atoms with Crippen molar-refractivity contribution < 1.29 is 14.3 Å². The van der Waals surface area contributed by atoms with Gasteiger partial charge in [-0.1, -0.05) is 18.5 Å². The van der Waals surface area contributed by atoms with Crippen molar-refractivity contribution in [2.45, 2.75) is 59.4 Å². The smallest absolute Gasteiger partial charge is 0.343 e. The summed E-state index contributed by atoms with van der Waals surface area (Å²) >= 11 is 6.00. The van der Waals surface area contributed by atoms with Crippen LogP contribution in [0.1, 0.15) is 63.7 Å². The van der Waals surface area contributed by atoms with E-state index >= 15 is 0 Å². The van der Waals surface area contributed by atoms with Gasteiger partial charge in [-0.2, -0.15) is 0 Å². The first-order valence-electron chi connectivity index (χ1n) is 10.7. The van der Waals surface area contributed by atoms with Crippen LogP contribution in [0.25, 0.3) is 5.69 Å². The standard InChI is InChI=1S/C23H30ClN3O3/c1-5-30-23(29)20-14-26(19-12-10-18(24)11-13-19)25-21(20)27(15(2)3)22(28)17-8-6-16(4)7-9-17/h10-17H,5-9H2,1-4H3/t16-,17-. The van der Waals surface area contributed by atoms with Gasteiger partial charge in [0.1, 0.15) is 5.56 Å². The van der Waals surface area contributed by atoms with E-state index in [-0.39, 0.29) is 30.0 Å². The lowest BCUT2D eigenvalue weighted by atomic mass is 9.82. The Morgan fingerprint density at radius 1 is 1.20 bits per heavy atom. The van der Waals surface area contributed by atoms with Crippen molar-refractivity contribution in [2.75, 3.05) is 11.5 Å². The highest BCUT2D eigenvalue weighted by molar-refractivity contribution is 6.30. The van der Waals surface area contributed by atoms with Gasteiger partial charge in [0.05, 0.1) is 12.3 Å². The molecule has 1 heterocycles. The zero-order chi connectivity index (χ0) is 21.8. The zero-order valence-corrected chi connectivity index (χ0v) is 18.9. The van der Waals surface area contributed by atoms with Gasteiger partial charge in [0, 0.05) is 23.2 Å². The van der Waals surface area contributed by atoms with Crippen LogP contribution in [0.2, 0.25) is 5.02 Å². The minimum absolute atomic E-state index is 0.0313. The summed E-state index contributed by atoms with van der Waals surface area (Å²) in [5, 5.41) is 5.26. The highest BCUT2D eigenvalue weighted by Gasteiger charge is 2.34. The number of hydrogen-bond donors (Lipinski definition) is 0. The molecular formula is C23H30ClN3O3. The predicted octanol–water partition coefficient (Wildman–Crippen LogP) is 5.27. The molecule has 1 aromatic carbocycles. The Morgan fingerprint density at radius 2 is 1.83 bits per heavy atom. The highest BCUT2D eigenvalue weighted by Crippen LogP contribution is 2.33. The molecule has 0 radical (unpaired) electrons. The van der Waals surface area contributed by atoms with Gasteiger partial charge in [-0.3, -0.25) is 9.69 Å². The third kappa shape index (κ3) is 4.86. The Balaban J connectivity index is 2.01. The number of ether oxygens (including phenoxy) is 1. The summed E-state index contributed by atoms with van der Waals surface area (Å²) in [5.41, 5.74) is 1.04. The average Bonchev–Trinajstić information content (AvgIpc) is 3.14. The lowest BCUT2D eigenvalue weighted by Crippen LogP contribution is -2.43. The molecule has 2 aromatic rings. The second kappa shape index (κ2) is 9.65. The van der Waals surface area contributed by atoms with Crippen LogP contribution in [0.5, 0.6) is 0 Å². The molecule has 0 N–H and O–H groups in total. The van der Waals surface area contributed by atoms with Crippen LogP contribution in [0.15, 0.2) is 30.5 Å². The van der Waals surface area contributed by atoms with Gasteiger partial charge in [0.15, 0.2) is 5.82 Å². The number of halogens is 1. The molecule has 0 aliphatic heterocycles. The van der Waals surface area contributed by atoms with Crippen LogP contribution in [-0.2, 0) is 9.53 Å². The predicted molar refractivity (Wildman–Crippen MR) is 118 cm³/mol. The number of aromatic nitrogens is 2. The molecule has 3 rings (SSSR count). The van der Waals surface area contributed by atoms with E-state index in [1.807, 2.05) is 26.0 Å². The van der Waals surface area contributed by atoms with Crippen LogP contribution < -0.4 is 4.90 Å². The van der Waals surface area contributed by atoms with E-state index in [0.29, 0.717) is 16.8 Å². The molecule has 30 heavy (non-hydrogen) atoms.